The predicted octanol–water partition coefficient (Wildman–Crippen LogP) is 3.07. The zero-order valence-corrected chi connectivity index (χ0v) is 20.1. The fraction of sp³-hybridized carbons (Fsp3) is 0.423. The number of hydrogen-bond acceptors (Lipinski definition) is 5. The molecule has 1 aliphatic carbocycles. The Morgan fingerprint density at radius 3 is 2.03 bits per heavy atom. The summed E-state index contributed by atoms with van der Waals surface area (Å²) in [5.41, 5.74) is 4.45. The number of hydrogen-bond donors (Lipinski definition) is 3. The number of amides is 2. The lowest BCUT2D eigenvalue weighted by atomic mass is 9.98. The van der Waals surface area contributed by atoms with Crippen LogP contribution >= 0.6 is 0 Å². The number of carbonyl (C=O) groups is 3. The number of benzene rings is 2. The van der Waals surface area contributed by atoms with Gasteiger partial charge < -0.3 is 25.4 Å². The van der Waals surface area contributed by atoms with E-state index < -0.39 is 30.1 Å². The van der Waals surface area contributed by atoms with Gasteiger partial charge in [-0.2, -0.15) is 0 Å². The Labute approximate surface area is 200 Å². The molecule has 3 N–H and O–H groups in total. The van der Waals surface area contributed by atoms with E-state index in [2.05, 4.69) is 22.8 Å². The minimum Gasteiger partial charge on any atom is -0.480 e. The maximum atomic E-state index is 12.8. The minimum absolute atomic E-state index is 0.0908. The van der Waals surface area contributed by atoms with Crippen LogP contribution in [0.2, 0.25) is 0 Å². The number of rotatable bonds is 10. The van der Waals surface area contributed by atoms with Crippen LogP contribution in [0.25, 0.3) is 11.1 Å². The number of carbonyl (C=O) groups excluding carboxylic acids is 2. The molecule has 0 saturated heterocycles. The van der Waals surface area contributed by atoms with Crippen molar-refractivity contribution in [3.8, 4) is 11.1 Å². The van der Waals surface area contributed by atoms with Crippen molar-refractivity contribution in [3.05, 3.63) is 59.7 Å². The molecule has 2 amide bonds. The number of aliphatic carboxylic acids is 1. The zero-order valence-electron chi connectivity index (χ0n) is 20.1. The molecule has 34 heavy (non-hydrogen) atoms. The Balaban J connectivity index is 1.63. The van der Waals surface area contributed by atoms with Gasteiger partial charge in [0.25, 0.3) is 0 Å². The van der Waals surface area contributed by atoms with E-state index in [-0.39, 0.29) is 24.9 Å². The van der Waals surface area contributed by atoms with Crippen molar-refractivity contribution in [2.75, 3.05) is 27.2 Å². The van der Waals surface area contributed by atoms with Crippen LogP contribution in [-0.4, -0.2) is 67.3 Å². The summed E-state index contributed by atoms with van der Waals surface area (Å²) in [6, 6.07) is 14.1. The van der Waals surface area contributed by atoms with Crippen LogP contribution in [0.5, 0.6) is 0 Å². The van der Waals surface area contributed by atoms with E-state index in [4.69, 9.17) is 4.74 Å². The number of nitrogens with one attached hydrogen (secondary N) is 2. The molecular formula is C26H33N3O5. The Kier molecular flexibility index (Phi) is 8.28. The quantitative estimate of drug-likeness (QED) is 0.496. The molecule has 3 rings (SSSR count). The molecule has 182 valence electrons. The summed E-state index contributed by atoms with van der Waals surface area (Å²) in [5.74, 6) is -2.01. The number of alkyl carbamates (subject to hydrolysis) is 1. The lowest BCUT2D eigenvalue weighted by Gasteiger charge is -2.24. The Morgan fingerprint density at radius 2 is 1.53 bits per heavy atom. The van der Waals surface area contributed by atoms with Gasteiger partial charge in [-0.3, -0.25) is 4.79 Å². The van der Waals surface area contributed by atoms with Crippen molar-refractivity contribution in [3.63, 3.8) is 0 Å². The second-order valence-electron chi connectivity index (χ2n) is 9.18. The summed E-state index contributed by atoms with van der Waals surface area (Å²) in [7, 11) is 3.66. The molecule has 0 spiro atoms. The zero-order chi connectivity index (χ0) is 24.8. The van der Waals surface area contributed by atoms with Crippen LogP contribution in [0, 0.1) is 5.92 Å². The van der Waals surface area contributed by atoms with Crippen LogP contribution in [0.1, 0.15) is 37.3 Å². The monoisotopic (exact) mass is 467 g/mol. The second-order valence-corrected chi connectivity index (χ2v) is 9.18. The van der Waals surface area contributed by atoms with Gasteiger partial charge >= 0.3 is 12.1 Å². The minimum atomic E-state index is -1.11. The molecule has 1 aliphatic rings. The molecule has 0 bridgehead atoms. The summed E-state index contributed by atoms with van der Waals surface area (Å²) in [4.78, 5) is 38.9. The molecule has 2 atom stereocenters. The second kappa shape index (κ2) is 11.2. The first kappa shape index (κ1) is 25.2. The van der Waals surface area contributed by atoms with Gasteiger partial charge in [0, 0.05) is 12.5 Å². The standard InChI is InChI=1S/C26H33N3O5/c1-16(2)23(24(30)27-22(25(31)32)13-14-29(3)4)28-26(33)34-15-21-19-11-7-5-9-17(19)18-10-6-8-12-20(18)21/h5-12,16,21-23H,13-15H2,1-4H3,(H,27,30)(H,28,33)(H,31,32)/t22?,23-/m1/s1. The topological polar surface area (TPSA) is 108 Å². The molecule has 2 aromatic carbocycles. The Bertz CT molecular complexity index is 991. The third kappa shape index (κ3) is 5.94. The summed E-state index contributed by atoms with van der Waals surface area (Å²) in [5, 5.41) is 14.6. The molecule has 0 fully saturated rings. The van der Waals surface area contributed by atoms with E-state index in [1.54, 1.807) is 13.8 Å². The maximum absolute atomic E-state index is 12.8. The van der Waals surface area contributed by atoms with Crippen LogP contribution in [0.3, 0.4) is 0 Å². The summed E-state index contributed by atoms with van der Waals surface area (Å²) < 4.78 is 5.55. The van der Waals surface area contributed by atoms with Gasteiger partial charge in [-0.05, 0) is 48.7 Å². The van der Waals surface area contributed by atoms with Gasteiger partial charge in [0.1, 0.15) is 18.7 Å². The van der Waals surface area contributed by atoms with Crippen LogP contribution < -0.4 is 10.6 Å². The van der Waals surface area contributed by atoms with Crippen molar-refractivity contribution in [2.45, 2.75) is 38.3 Å². The van der Waals surface area contributed by atoms with Gasteiger partial charge in [0.2, 0.25) is 5.91 Å². The third-order valence-corrected chi connectivity index (χ3v) is 6.05. The highest BCUT2D eigenvalue weighted by Gasteiger charge is 2.31. The number of carboxylic acids is 1. The van der Waals surface area contributed by atoms with Crippen molar-refractivity contribution in [1.82, 2.24) is 15.5 Å². The maximum Gasteiger partial charge on any atom is 0.407 e. The fourth-order valence-electron chi connectivity index (χ4n) is 4.21. The summed E-state index contributed by atoms with van der Waals surface area (Å²) in [6.07, 6.45) is -0.458. The number of carboxylic acid groups (broad SMARTS) is 1. The number of ether oxygens (including phenoxy) is 1. The first-order chi connectivity index (χ1) is 16.2. The van der Waals surface area contributed by atoms with Crippen molar-refractivity contribution >= 4 is 18.0 Å². The van der Waals surface area contributed by atoms with E-state index in [0.717, 1.165) is 22.3 Å². The van der Waals surface area contributed by atoms with Crippen LogP contribution in [-0.2, 0) is 14.3 Å². The highest BCUT2D eigenvalue weighted by atomic mass is 16.5. The average molecular weight is 468 g/mol. The molecule has 0 aliphatic heterocycles. The van der Waals surface area contributed by atoms with Gasteiger partial charge in [-0.15, -0.1) is 0 Å². The lowest BCUT2D eigenvalue weighted by Crippen LogP contribution is -2.54. The average Bonchev–Trinajstić information content (AvgIpc) is 3.12. The molecule has 8 heteroatoms. The first-order valence-corrected chi connectivity index (χ1v) is 11.5. The summed E-state index contributed by atoms with van der Waals surface area (Å²) >= 11 is 0. The Hall–Kier alpha value is -3.39. The normalized spacial score (nSPS) is 14.3. The van der Waals surface area contributed by atoms with Crippen molar-refractivity contribution < 1.29 is 24.2 Å². The van der Waals surface area contributed by atoms with Crippen LogP contribution in [0.15, 0.2) is 48.5 Å². The largest absolute Gasteiger partial charge is 0.480 e. The molecule has 1 unspecified atom stereocenters. The van der Waals surface area contributed by atoms with Crippen molar-refractivity contribution in [1.29, 1.82) is 0 Å². The molecular weight excluding hydrogens is 434 g/mol. The number of fused-ring (bicyclic) bond motifs is 3. The highest BCUT2D eigenvalue weighted by molar-refractivity contribution is 5.89. The summed E-state index contributed by atoms with van der Waals surface area (Å²) in [6.45, 7) is 4.20. The highest BCUT2D eigenvalue weighted by Crippen LogP contribution is 2.44. The van der Waals surface area contributed by atoms with E-state index in [0.29, 0.717) is 6.54 Å². The van der Waals surface area contributed by atoms with Gasteiger partial charge in [-0.1, -0.05) is 62.4 Å². The molecule has 0 radical (unpaired) electrons. The first-order valence-electron chi connectivity index (χ1n) is 11.5. The van der Waals surface area contributed by atoms with Crippen LogP contribution in [0.4, 0.5) is 4.79 Å². The Morgan fingerprint density at radius 1 is 0.971 bits per heavy atom. The van der Waals surface area contributed by atoms with Gasteiger partial charge in [0.15, 0.2) is 0 Å². The SMILES string of the molecule is CC(C)[C@@H](NC(=O)OCC1c2ccccc2-c2ccccc21)C(=O)NC(CCN(C)C)C(=O)O. The lowest BCUT2D eigenvalue weighted by molar-refractivity contribution is -0.142. The predicted molar refractivity (Wildman–Crippen MR) is 130 cm³/mol. The fourth-order valence-corrected chi connectivity index (χ4v) is 4.21. The molecule has 0 aromatic heterocycles. The molecule has 0 heterocycles. The van der Waals surface area contributed by atoms with E-state index >= 15 is 0 Å². The van der Waals surface area contributed by atoms with Gasteiger partial charge in [0.05, 0.1) is 0 Å². The number of nitrogens with zero attached hydrogens (tertiary/aromatic N) is 1. The van der Waals surface area contributed by atoms with E-state index in [9.17, 15) is 19.5 Å². The van der Waals surface area contributed by atoms with E-state index in [1.807, 2.05) is 55.4 Å². The molecule has 2 aromatic rings. The molecule has 0 saturated carbocycles. The van der Waals surface area contributed by atoms with Gasteiger partial charge in [-0.25, -0.2) is 9.59 Å². The van der Waals surface area contributed by atoms with E-state index in [1.165, 1.54) is 0 Å². The van der Waals surface area contributed by atoms with Crippen molar-refractivity contribution in [2.24, 2.45) is 5.92 Å². The third-order valence-electron chi connectivity index (χ3n) is 6.05. The molecule has 8 nitrogen and oxygen atoms in total. The smallest absolute Gasteiger partial charge is 0.407 e.